The van der Waals surface area contributed by atoms with Crippen LogP contribution in [0.4, 0.5) is 20.3 Å². The number of anilines is 2. The van der Waals surface area contributed by atoms with Gasteiger partial charge in [0.05, 0.1) is 11.8 Å². The van der Waals surface area contributed by atoms with Crippen molar-refractivity contribution >= 4 is 23.3 Å². The highest BCUT2D eigenvalue weighted by Gasteiger charge is 2.49. The number of amides is 2. The summed E-state index contributed by atoms with van der Waals surface area (Å²) >= 11 is 0. The lowest BCUT2D eigenvalue weighted by Crippen LogP contribution is -2.49. The van der Waals surface area contributed by atoms with Crippen molar-refractivity contribution in [2.45, 2.75) is 6.42 Å². The fourth-order valence-corrected chi connectivity index (χ4v) is 3.50. The molecule has 2 unspecified atom stereocenters. The van der Waals surface area contributed by atoms with E-state index in [1.807, 2.05) is 18.2 Å². The molecule has 1 N–H and O–H groups in total. The molecule has 2 aromatic rings. The molecule has 0 spiro atoms. The van der Waals surface area contributed by atoms with Crippen LogP contribution in [0.5, 0.6) is 0 Å². The van der Waals surface area contributed by atoms with E-state index < -0.39 is 17.6 Å². The van der Waals surface area contributed by atoms with E-state index in [0.29, 0.717) is 32.6 Å². The number of benzene rings is 1. The summed E-state index contributed by atoms with van der Waals surface area (Å²) in [5, 5.41) is 2.56. The maximum Gasteiger partial charge on any atom is 0.228 e. The predicted molar refractivity (Wildman–Crippen MR) is 99.6 cm³/mol. The Kier molecular flexibility index (Phi) is 4.93. The normalized spacial score (nSPS) is 21.4. The molecule has 0 radical (unpaired) electrons. The zero-order chi connectivity index (χ0) is 19.7. The minimum Gasteiger partial charge on any atom is -0.353 e. The Hall–Kier alpha value is -3.03. The number of hydrogen-bond donors (Lipinski definition) is 1. The summed E-state index contributed by atoms with van der Waals surface area (Å²) in [6.45, 7) is 2.56. The third kappa shape index (κ3) is 3.81. The molecule has 4 rings (SSSR count). The molecule has 1 aliphatic carbocycles. The zero-order valence-corrected chi connectivity index (χ0v) is 15.1. The van der Waals surface area contributed by atoms with E-state index in [1.165, 1.54) is 6.07 Å². The summed E-state index contributed by atoms with van der Waals surface area (Å²) in [4.78, 5) is 33.2. The lowest BCUT2D eigenvalue weighted by Gasteiger charge is -2.35. The first kappa shape index (κ1) is 18.3. The van der Waals surface area contributed by atoms with Crippen molar-refractivity contribution in [1.82, 2.24) is 9.88 Å². The Bertz CT molecular complexity index is 885. The fraction of sp³-hybridized carbons (Fsp3) is 0.350. The van der Waals surface area contributed by atoms with Crippen LogP contribution in [0.25, 0.3) is 0 Å². The second kappa shape index (κ2) is 7.53. The molecule has 28 heavy (non-hydrogen) atoms. The van der Waals surface area contributed by atoms with Gasteiger partial charge < -0.3 is 15.1 Å². The summed E-state index contributed by atoms with van der Waals surface area (Å²) in [7, 11) is 0. The number of aromatic nitrogens is 1. The molecule has 8 heteroatoms. The second-order valence-electron chi connectivity index (χ2n) is 7.07. The summed E-state index contributed by atoms with van der Waals surface area (Å²) in [5.41, 5.74) is 0.186. The lowest BCUT2D eigenvalue weighted by molar-refractivity contribution is -0.134. The molecule has 2 amide bonds. The summed E-state index contributed by atoms with van der Waals surface area (Å²) in [6, 6.07) is 8.93. The number of carbonyl (C=O) groups is 2. The van der Waals surface area contributed by atoms with Crippen LogP contribution < -0.4 is 10.2 Å². The minimum atomic E-state index is -1.02. The molecule has 2 heterocycles. The third-order valence-electron chi connectivity index (χ3n) is 5.20. The van der Waals surface area contributed by atoms with Crippen molar-refractivity contribution in [1.29, 1.82) is 0 Å². The van der Waals surface area contributed by atoms with Gasteiger partial charge in [0.1, 0.15) is 5.82 Å². The van der Waals surface area contributed by atoms with Crippen molar-refractivity contribution in [3.8, 4) is 0 Å². The van der Waals surface area contributed by atoms with Crippen LogP contribution >= 0.6 is 0 Å². The first-order valence-corrected chi connectivity index (χ1v) is 9.23. The van der Waals surface area contributed by atoms with E-state index in [4.69, 9.17) is 0 Å². The van der Waals surface area contributed by atoms with Gasteiger partial charge in [-0.1, -0.05) is 6.07 Å². The van der Waals surface area contributed by atoms with E-state index in [1.54, 1.807) is 11.1 Å². The third-order valence-corrected chi connectivity index (χ3v) is 5.20. The number of pyridine rings is 1. The van der Waals surface area contributed by atoms with Crippen molar-refractivity contribution in [2.24, 2.45) is 11.8 Å². The molecular weight excluding hydrogens is 366 g/mol. The Labute approximate surface area is 161 Å². The van der Waals surface area contributed by atoms with Crippen molar-refractivity contribution in [3.05, 3.63) is 54.2 Å². The van der Waals surface area contributed by atoms with E-state index in [2.05, 4.69) is 15.2 Å². The highest BCUT2D eigenvalue weighted by atomic mass is 19.2. The number of carbonyl (C=O) groups excluding carboxylic acids is 2. The van der Waals surface area contributed by atoms with Crippen LogP contribution in [0.3, 0.4) is 0 Å². The zero-order valence-electron chi connectivity index (χ0n) is 15.1. The first-order chi connectivity index (χ1) is 13.5. The monoisotopic (exact) mass is 386 g/mol. The van der Waals surface area contributed by atoms with Gasteiger partial charge in [-0.25, -0.2) is 13.8 Å². The molecule has 6 nitrogen and oxygen atoms in total. The van der Waals surface area contributed by atoms with E-state index in [-0.39, 0.29) is 23.4 Å². The Morgan fingerprint density at radius 1 is 1.00 bits per heavy atom. The van der Waals surface area contributed by atoms with Gasteiger partial charge in [-0.15, -0.1) is 0 Å². The molecule has 2 atom stereocenters. The van der Waals surface area contributed by atoms with Crippen LogP contribution in [-0.2, 0) is 9.59 Å². The molecule has 2 fully saturated rings. The SMILES string of the molecule is O=C(Nc1ccc(F)c(F)c1)C1CC1C(=O)N1CCN(c2ccccn2)CC1. The molecule has 0 bridgehead atoms. The van der Waals surface area contributed by atoms with Crippen molar-refractivity contribution < 1.29 is 18.4 Å². The number of nitrogens with one attached hydrogen (secondary N) is 1. The van der Waals surface area contributed by atoms with Gasteiger partial charge in [-0.2, -0.15) is 0 Å². The number of halogens is 2. The summed E-state index contributed by atoms with van der Waals surface area (Å²) < 4.78 is 26.2. The average Bonchev–Trinajstić information content (AvgIpc) is 3.52. The van der Waals surface area contributed by atoms with Crippen LogP contribution in [0.1, 0.15) is 6.42 Å². The summed E-state index contributed by atoms with van der Waals surface area (Å²) in [6.07, 6.45) is 2.22. The van der Waals surface area contributed by atoms with Gasteiger partial charge in [0.15, 0.2) is 11.6 Å². The van der Waals surface area contributed by atoms with Crippen LogP contribution in [-0.4, -0.2) is 47.9 Å². The van der Waals surface area contributed by atoms with Gasteiger partial charge >= 0.3 is 0 Å². The van der Waals surface area contributed by atoms with Gasteiger partial charge in [0, 0.05) is 44.1 Å². The highest BCUT2D eigenvalue weighted by Crippen LogP contribution is 2.41. The first-order valence-electron chi connectivity index (χ1n) is 9.23. The largest absolute Gasteiger partial charge is 0.353 e. The number of rotatable bonds is 4. The lowest BCUT2D eigenvalue weighted by atomic mass is 10.2. The molecule has 1 aromatic carbocycles. The maximum absolute atomic E-state index is 13.3. The molecule has 1 saturated carbocycles. The Balaban J connectivity index is 1.28. The fourth-order valence-electron chi connectivity index (χ4n) is 3.50. The quantitative estimate of drug-likeness (QED) is 0.876. The standard InChI is InChI=1S/C20H20F2N4O2/c21-16-5-4-13(11-17(16)22)24-19(27)14-12-15(14)20(28)26-9-7-25(8-10-26)18-3-1-2-6-23-18/h1-6,11,14-15H,7-10,12H2,(H,24,27). The second-order valence-corrected chi connectivity index (χ2v) is 7.07. The molecule has 1 aromatic heterocycles. The van der Waals surface area contributed by atoms with Crippen LogP contribution in [0.15, 0.2) is 42.6 Å². The van der Waals surface area contributed by atoms with E-state index in [0.717, 1.165) is 18.0 Å². The average molecular weight is 386 g/mol. The molecule has 1 saturated heterocycles. The Morgan fingerprint density at radius 2 is 1.79 bits per heavy atom. The molecule has 2 aliphatic rings. The molecular formula is C20H20F2N4O2. The van der Waals surface area contributed by atoms with Crippen molar-refractivity contribution in [3.63, 3.8) is 0 Å². The van der Waals surface area contributed by atoms with Gasteiger partial charge in [0.25, 0.3) is 0 Å². The van der Waals surface area contributed by atoms with E-state index in [9.17, 15) is 18.4 Å². The molecule has 1 aliphatic heterocycles. The van der Waals surface area contributed by atoms with Gasteiger partial charge in [0.2, 0.25) is 11.8 Å². The Morgan fingerprint density at radius 3 is 2.46 bits per heavy atom. The van der Waals surface area contributed by atoms with Crippen molar-refractivity contribution in [2.75, 3.05) is 36.4 Å². The van der Waals surface area contributed by atoms with E-state index >= 15 is 0 Å². The minimum absolute atomic E-state index is 0.0221. The van der Waals surface area contributed by atoms with Gasteiger partial charge in [-0.05, 0) is 30.7 Å². The van der Waals surface area contributed by atoms with Crippen LogP contribution in [0.2, 0.25) is 0 Å². The molecule has 146 valence electrons. The van der Waals surface area contributed by atoms with Gasteiger partial charge in [-0.3, -0.25) is 9.59 Å². The van der Waals surface area contributed by atoms with Crippen LogP contribution in [0, 0.1) is 23.5 Å². The maximum atomic E-state index is 13.3. The number of piperazine rings is 1. The predicted octanol–water partition coefficient (Wildman–Crippen LogP) is 2.28. The topological polar surface area (TPSA) is 65.5 Å². The smallest absolute Gasteiger partial charge is 0.228 e. The number of hydrogen-bond acceptors (Lipinski definition) is 4. The summed E-state index contributed by atoms with van der Waals surface area (Å²) in [5.74, 6) is -2.22. The number of nitrogens with zero attached hydrogens (tertiary/aromatic N) is 3. The highest BCUT2D eigenvalue weighted by molar-refractivity contribution is 5.99.